The van der Waals surface area contributed by atoms with Crippen molar-refractivity contribution in [2.45, 2.75) is 166 Å². The maximum absolute atomic E-state index is 14.6. The van der Waals surface area contributed by atoms with E-state index in [0.29, 0.717) is 53.3 Å². The summed E-state index contributed by atoms with van der Waals surface area (Å²) in [6.07, 6.45) is 0. The molecule has 4 aromatic rings. The smallest absolute Gasteiger partial charge is 0.306 e. The summed E-state index contributed by atoms with van der Waals surface area (Å²) in [5.41, 5.74) is 4.72. The van der Waals surface area contributed by atoms with E-state index < -0.39 is 8.59 Å². The monoisotopic (exact) mass is 1280 g/mol. The number of aromatic nitrogens is 4. The molecule has 84 heavy (non-hydrogen) atoms. The highest BCUT2D eigenvalue weighted by molar-refractivity contribution is 6.63. The number of carbonyl (C=O) groups is 4. The Morgan fingerprint density at radius 1 is 0.286 bits per heavy atom. The predicted molar refractivity (Wildman–Crippen MR) is 331 cm³/mol. The molecule has 4 aromatic heterocycles. The normalized spacial score (nSPS) is 19.2. The number of amides is 8. The lowest BCUT2D eigenvalue weighted by Gasteiger charge is -2.48. The molecule has 0 aromatic carbocycles. The molecule has 0 N–H and O–H groups in total. The van der Waals surface area contributed by atoms with Crippen molar-refractivity contribution in [2.75, 3.05) is 53.3 Å². The number of nitrogens with zero attached hydrogens (tertiary/aromatic N) is 16. The number of alkyl halides is 6. The van der Waals surface area contributed by atoms with Crippen LogP contribution >= 0.6 is 69.6 Å². The van der Waals surface area contributed by atoms with E-state index in [2.05, 4.69) is 103 Å². The van der Waals surface area contributed by atoms with Crippen molar-refractivity contribution in [1.82, 2.24) is 78.7 Å². The molecule has 460 valence electrons. The first-order valence-electron chi connectivity index (χ1n) is 28.0. The summed E-state index contributed by atoms with van der Waals surface area (Å²) in [6.45, 7) is 31.2. The molecule has 0 radical (unpaired) electrons. The van der Waals surface area contributed by atoms with Crippen LogP contribution in [-0.2, 0) is 52.4 Å². The third kappa shape index (κ3) is 18.6. The molecule has 4 fully saturated rings. The van der Waals surface area contributed by atoms with Crippen LogP contribution in [0.2, 0.25) is 0 Å². The van der Waals surface area contributed by atoms with Crippen molar-refractivity contribution >= 4 is 93.7 Å². The summed E-state index contributed by atoms with van der Waals surface area (Å²) in [5.74, 6) is 0. The Morgan fingerprint density at radius 3 is 0.512 bits per heavy atom. The lowest BCUT2D eigenvalue weighted by Crippen LogP contribution is -2.62. The Bertz CT molecular complexity index is 2400. The van der Waals surface area contributed by atoms with Crippen LogP contribution in [0.1, 0.15) is 129 Å². The second kappa shape index (κ2) is 28.0. The number of carbonyl (C=O) groups excluding carboxylic acids is 4. The summed E-state index contributed by atoms with van der Waals surface area (Å²) in [4.78, 5) is 102. The van der Waals surface area contributed by atoms with Crippen LogP contribution in [0.5, 0.6) is 0 Å². The molecule has 5 aliphatic rings. The highest BCUT2D eigenvalue weighted by Gasteiger charge is 2.40. The molecule has 0 unspecified atom stereocenters. The van der Waals surface area contributed by atoms with Crippen molar-refractivity contribution in [3.63, 3.8) is 0 Å². The summed E-state index contributed by atoms with van der Waals surface area (Å²) in [5, 5.41) is 0. The predicted octanol–water partition coefficient (Wildman–Crippen LogP) is 11.4. The van der Waals surface area contributed by atoms with Crippen LogP contribution in [-0.4, -0.2) is 187 Å². The summed E-state index contributed by atoms with van der Waals surface area (Å²) < 4.78 is -1.50. The maximum atomic E-state index is 14.6. The Kier molecular flexibility index (Phi) is 22.2. The largest absolute Gasteiger partial charge is 0.322 e. The molecule has 16 bridgehead atoms. The Labute approximate surface area is 526 Å². The second-order valence-electron chi connectivity index (χ2n) is 25.7. The fourth-order valence-corrected chi connectivity index (χ4v) is 10.1. The molecule has 8 amide bonds. The first-order chi connectivity index (χ1) is 39.2. The molecule has 0 saturated carbocycles. The van der Waals surface area contributed by atoms with E-state index >= 15 is 0 Å². The fraction of sp³-hybridized carbons (Fsp3) is 0.586. The number of fused-ring (bicyclic) bond motifs is 16. The molecular weight excluding hydrogens is 1200 g/mol. The van der Waals surface area contributed by atoms with Gasteiger partial charge in [-0.2, -0.15) is 0 Å². The van der Waals surface area contributed by atoms with Gasteiger partial charge in [-0.3, -0.25) is 39.5 Å². The van der Waals surface area contributed by atoms with Gasteiger partial charge in [-0.05, 0) is 132 Å². The van der Waals surface area contributed by atoms with Crippen molar-refractivity contribution < 1.29 is 19.2 Å². The SMILES string of the molecule is CC(C)(C)N1CN2Cc3cccc(n3)CN3CN(C(C)(C)C)CN(Cc4cccc(n4)CN4CN(C(C)(C)C)CN(Cc5cccc(n5)CN5CN(C(C)(C)C)CN(Cc6cccc(n6)CN(C1)C2=O)C5=O)C4=O)C3=O.ClC(Cl)Cl.ClC(Cl)Cl. The number of urea groups is 4. The van der Waals surface area contributed by atoms with Crippen LogP contribution in [0.15, 0.2) is 72.8 Å². The van der Waals surface area contributed by atoms with Crippen LogP contribution in [0.3, 0.4) is 0 Å². The Morgan fingerprint density at radius 2 is 0.405 bits per heavy atom. The molecule has 0 aliphatic carbocycles. The molecule has 0 atom stereocenters. The average molecular weight is 1280 g/mol. The van der Waals surface area contributed by atoms with Crippen LogP contribution in [0, 0.1) is 0 Å². The van der Waals surface area contributed by atoms with E-state index in [9.17, 15) is 19.2 Å². The summed E-state index contributed by atoms with van der Waals surface area (Å²) in [6, 6.07) is 22.8. The van der Waals surface area contributed by atoms with Crippen LogP contribution in [0.25, 0.3) is 0 Å². The Balaban J connectivity index is 0.00000119. The van der Waals surface area contributed by atoms with Crippen molar-refractivity contribution in [3.8, 4) is 0 Å². The maximum Gasteiger partial charge on any atom is 0.322 e. The van der Waals surface area contributed by atoms with Gasteiger partial charge in [0.05, 0.1) is 151 Å². The molecule has 20 nitrogen and oxygen atoms in total. The standard InChI is InChI=1S/C56H80N16O4.2CHCl3/c1-53(2,3)69-33-61-25-41-17-13-19-43(57-41)27-63-35-70(54(4,5)6)37-65(50(63)74)29-45-21-15-23-47(59-45)31-67-39-72(56(10,11)12)40-68(52(67)76)32-48-24-16-22-46(60-48)30-66-38-71(55(7,8)9)36-64(51(66)75)28-44-20-14-18-42(58-44)26-62(34-69)49(61)73;2*2-1(3)4/h13-24H,25-40H2,1-12H3;2*1H. The van der Waals surface area contributed by atoms with Gasteiger partial charge in [0, 0.05) is 22.2 Å². The van der Waals surface area contributed by atoms with Gasteiger partial charge in [0.15, 0.2) is 8.59 Å². The quantitative estimate of drug-likeness (QED) is 0.154. The number of halogens is 6. The number of hydrogen-bond donors (Lipinski definition) is 0. The first-order valence-corrected chi connectivity index (χ1v) is 30.6. The molecule has 9 heterocycles. The zero-order valence-electron chi connectivity index (χ0n) is 50.5. The van der Waals surface area contributed by atoms with Gasteiger partial charge in [0.1, 0.15) is 0 Å². The van der Waals surface area contributed by atoms with E-state index in [1.807, 2.05) is 112 Å². The van der Waals surface area contributed by atoms with Gasteiger partial charge >= 0.3 is 24.1 Å². The highest BCUT2D eigenvalue weighted by Crippen LogP contribution is 2.29. The first kappa shape index (κ1) is 66.8. The van der Waals surface area contributed by atoms with E-state index in [-0.39, 0.29) is 98.6 Å². The van der Waals surface area contributed by atoms with Crippen molar-refractivity contribution in [1.29, 1.82) is 0 Å². The van der Waals surface area contributed by atoms with Gasteiger partial charge in [-0.1, -0.05) is 93.9 Å². The molecule has 5 aliphatic heterocycles. The van der Waals surface area contributed by atoms with E-state index in [1.54, 1.807) is 0 Å². The molecule has 0 spiro atoms. The Hall–Kier alpha value is -4.74. The molecule has 26 heteroatoms. The lowest BCUT2D eigenvalue weighted by molar-refractivity contribution is -0.0220. The van der Waals surface area contributed by atoms with Crippen LogP contribution in [0.4, 0.5) is 19.2 Å². The van der Waals surface area contributed by atoms with Crippen molar-refractivity contribution in [3.05, 3.63) is 118 Å². The number of hydrogen-bond acceptors (Lipinski definition) is 12. The second-order valence-corrected chi connectivity index (χ2v) is 29.6. The zero-order valence-corrected chi connectivity index (χ0v) is 55.0. The van der Waals surface area contributed by atoms with Gasteiger partial charge in [-0.15, -0.1) is 0 Å². The average Bonchev–Trinajstić information content (AvgIpc) is 3.12. The van der Waals surface area contributed by atoms with Crippen molar-refractivity contribution in [2.24, 2.45) is 0 Å². The third-order valence-corrected chi connectivity index (χ3v) is 15.0. The molecule has 4 saturated heterocycles. The van der Waals surface area contributed by atoms with Gasteiger partial charge in [0.2, 0.25) is 0 Å². The van der Waals surface area contributed by atoms with Gasteiger partial charge in [-0.25, -0.2) is 19.2 Å². The molecular formula is C58H82Cl6N16O4. The number of pyridine rings is 4. The number of rotatable bonds is 0. The zero-order chi connectivity index (χ0) is 61.6. The van der Waals surface area contributed by atoms with E-state index in [1.165, 1.54) is 0 Å². The van der Waals surface area contributed by atoms with E-state index in [4.69, 9.17) is 89.5 Å². The molecule has 9 rings (SSSR count). The topological polar surface area (TPSA) is 159 Å². The fourth-order valence-electron chi connectivity index (χ4n) is 10.1. The van der Waals surface area contributed by atoms with Gasteiger partial charge in [0.25, 0.3) is 0 Å². The van der Waals surface area contributed by atoms with Crippen LogP contribution < -0.4 is 0 Å². The summed E-state index contributed by atoms with van der Waals surface area (Å²) in [7, 11) is 0. The lowest BCUT2D eigenvalue weighted by atomic mass is 10.1. The summed E-state index contributed by atoms with van der Waals surface area (Å²) >= 11 is 28.8. The highest BCUT2D eigenvalue weighted by atomic mass is 35.6. The van der Waals surface area contributed by atoms with Gasteiger partial charge < -0.3 is 39.2 Å². The minimum absolute atomic E-state index is 0.123. The van der Waals surface area contributed by atoms with E-state index in [0.717, 1.165) is 45.6 Å². The third-order valence-electron chi connectivity index (χ3n) is 15.0. The minimum Gasteiger partial charge on any atom is -0.306 e. The minimum atomic E-state index is -0.750.